The predicted octanol–water partition coefficient (Wildman–Crippen LogP) is 2.82. The first-order valence-corrected chi connectivity index (χ1v) is 8.75. The molecule has 0 aliphatic carbocycles. The Kier molecular flexibility index (Phi) is 7.01. The molecule has 0 atom stereocenters. The maximum atomic E-state index is 12.7. The SMILES string of the molecule is COC1(C(=O)Nc2nccn2Cc2ccc(Br)cc2)CCNCC1.Cl. The summed E-state index contributed by atoms with van der Waals surface area (Å²) in [6.45, 7) is 2.19. The smallest absolute Gasteiger partial charge is 0.259 e. The quantitative estimate of drug-likeness (QED) is 0.767. The second-order valence-corrected chi connectivity index (χ2v) is 6.82. The number of halogens is 2. The molecule has 3 rings (SSSR count). The van der Waals surface area contributed by atoms with E-state index in [-0.39, 0.29) is 18.3 Å². The Morgan fingerprint density at radius 2 is 2.04 bits per heavy atom. The minimum absolute atomic E-state index is 0. The summed E-state index contributed by atoms with van der Waals surface area (Å²) in [6.07, 6.45) is 4.86. The van der Waals surface area contributed by atoms with Gasteiger partial charge in [0.25, 0.3) is 5.91 Å². The van der Waals surface area contributed by atoms with Crippen LogP contribution >= 0.6 is 28.3 Å². The van der Waals surface area contributed by atoms with E-state index in [4.69, 9.17) is 4.74 Å². The molecular formula is C17H22BrClN4O2. The number of piperidine rings is 1. The number of imidazole rings is 1. The third kappa shape index (κ3) is 4.61. The lowest BCUT2D eigenvalue weighted by Crippen LogP contribution is -2.52. The van der Waals surface area contributed by atoms with Gasteiger partial charge < -0.3 is 14.6 Å². The molecule has 1 aliphatic rings. The molecule has 0 saturated carbocycles. The lowest BCUT2D eigenvalue weighted by atomic mass is 9.91. The second-order valence-electron chi connectivity index (χ2n) is 5.91. The minimum atomic E-state index is -0.778. The van der Waals surface area contributed by atoms with Crippen LogP contribution in [-0.4, -0.2) is 41.3 Å². The van der Waals surface area contributed by atoms with Gasteiger partial charge in [0, 0.05) is 24.0 Å². The van der Waals surface area contributed by atoms with Gasteiger partial charge in [-0.1, -0.05) is 28.1 Å². The van der Waals surface area contributed by atoms with Crippen LogP contribution in [0.15, 0.2) is 41.1 Å². The summed E-state index contributed by atoms with van der Waals surface area (Å²) in [7, 11) is 1.60. The average molecular weight is 430 g/mol. The van der Waals surface area contributed by atoms with Crippen LogP contribution < -0.4 is 10.6 Å². The fourth-order valence-corrected chi connectivity index (χ4v) is 3.18. The van der Waals surface area contributed by atoms with Gasteiger partial charge in [0.1, 0.15) is 5.60 Å². The number of hydrogen-bond acceptors (Lipinski definition) is 4. The zero-order valence-corrected chi connectivity index (χ0v) is 16.4. The number of carbonyl (C=O) groups excluding carboxylic acids is 1. The highest BCUT2D eigenvalue weighted by Crippen LogP contribution is 2.24. The molecule has 0 spiro atoms. The number of anilines is 1. The van der Waals surface area contributed by atoms with Crippen molar-refractivity contribution in [3.05, 3.63) is 46.7 Å². The lowest BCUT2D eigenvalue weighted by Gasteiger charge is -2.34. The van der Waals surface area contributed by atoms with Crippen molar-refractivity contribution < 1.29 is 9.53 Å². The van der Waals surface area contributed by atoms with Gasteiger partial charge in [-0.15, -0.1) is 12.4 Å². The van der Waals surface area contributed by atoms with Crippen molar-refractivity contribution in [1.82, 2.24) is 14.9 Å². The highest BCUT2D eigenvalue weighted by Gasteiger charge is 2.40. The van der Waals surface area contributed by atoms with E-state index in [1.54, 1.807) is 13.3 Å². The van der Waals surface area contributed by atoms with Crippen molar-refractivity contribution in [2.24, 2.45) is 0 Å². The van der Waals surface area contributed by atoms with Gasteiger partial charge in [0.2, 0.25) is 5.95 Å². The third-order valence-corrected chi connectivity index (χ3v) is 4.95. The normalized spacial score (nSPS) is 16.1. The van der Waals surface area contributed by atoms with Gasteiger partial charge >= 0.3 is 0 Å². The van der Waals surface area contributed by atoms with Crippen molar-refractivity contribution in [2.45, 2.75) is 25.0 Å². The molecule has 2 N–H and O–H groups in total. The molecule has 1 aromatic carbocycles. The second kappa shape index (κ2) is 8.80. The fourth-order valence-electron chi connectivity index (χ4n) is 2.92. The Labute approximate surface area is 161 Å². The van der Waals surface area contributed by atoms with E-state index in [2.05, 4.69) is 31.5 Å². The number of rotatable bonds is 5. The molecule has 0 bridgehead atoms. The molecule has 1 aromatic heterocycles. The molecule has 25 heavy (non-hydrogen) atoms. The van der Waals surface area contributed by atoms with Gasteiger partial charge in [0.15, 0.2) is 0 Å². The van der Waals surface area contributed by atoms with E-state index in [0.29, 0.717) is 25.3 Å². The number of ether oxygens (including phenoxy) is 1. The van der Waals surface area contributed by atoms with Gasteiger partial charge in [-0.2, -0.15) is 0 Å². The van der Waals surface area contributed by atoms with Crippen molar-refractivity contribution in [2.75, 3.05) is 25.5 Å². The largest absolute Gasteiger partial charge is 0.368 e. The third-order valence-electron chi connectivity index (χ3n) is 4.42. The first-order chi connectivity index (χ1) is 11.6. The number of aromatic nitrogens is 2. The maximum Gasteiger partial charge on any atom is 0.259 e. The number of hydrogen-bond donors (Lipinski definition) is 2. The van der Waals surface area contributed by atoms with Crippen LogP contribution in [0.5, 0.6) is 0 Å². The lowest BCUT2D eigenvalue weighted by molar-refractivity contribution is -0.140. The molecule has 1 saturated heterocycles. The average Bonchev–Trinajstić information content (AvgIpc) is 3.04. The number of amides is 1. The molecule has 1 fully saturated rings. The molecule has 2 aromatic rings. The molecule has 0 radical (unpaired) electrons. The topological polar surface area (TPSA) is 68.2 Å². The Morgan fingerprint density at radius 1 is 1.36 bits per heavy atom. The molecular weight excluding hydrogens is 408 g/mol. The monoisotopic (exact) mass is 428 g/mol. The predicted molar refractivity (Wildman–Crippen MR) is 103 cm³/mol. The summed E-state index contributed by atoms with van der Waals surface area (Å²) in [4.78, 5) is 17.0. The Balaban J connectivity index is 0.00000225. The van der Waals surface area contributed by atoms with Crippen LogP contribution in [0.2, 0.25) is 0 Å². The summed E-state index contributed by atoms with van der Waals surface area (Å²) >= 11 is 3.43. The summed E-state index contributed by atoms with van der Waals surface area (Å²) in [5.41, 5.74) is 0.356. The van der Waals surface area contributed by atoms with E-state index in [0.717, 1.165) is 23.1 Å². The molecule has 8 heteroatoms. The molecule has 1 amide bonds. The number of nitrogens with one attached hydrogen (secondary N) is 2. The standard InChI is InChI=1S/C17H21BrN4O2.ClH/c1-24-17(6-8-19-9-7-17)15(23)21-16-20-10-11-22(16)12-13-2-4-14(18)5-3-13;/h2-5,10-11,19H,6-9,12H2,1H3,(H,20,21,23);1H. The Bertz CT molecular complexity index is 699. The molecule has 1 aliphatic heterocycles. The zero-order valence-electron chi connectivity index (χ0n) is 14.0. The minimum Gasteiger partial charge on any atom is -0.368 e. The van der Waals surface area contributed by atoms with Crippen molar-refractivity contribution >= 4 is 40.2 Å². The highest BCUT2D eigenvalue weighted by atomic mass is 79.9. The van der Waals surface area contributed by atoms with Crippen LogP contribution in [0.25, 0.3) is 0 Å². The van der Waals surface area contributed by atoms with E-state index in [1.165, 1.54) is 0 Å². The number of carbonyl (C=O) groups is 1. The summed E-state index contributed by atoms with van der Waals surface area (Å²) in [5.74, 6) is 0.410. The molecule has 0 unspecified atom stereocenters. The van der Waals surface area contributed by atoms with Crippen molar-refractivity contribution in [3.63, 3.8) is 0 Å². The van der Waals surface area contributed by atoms with Gasteiger partial charge in [-0.25, -0.2) is 4.98 Å². The maximum absolute atomic E-state index is 12.7. The Morgan fingerprint density at radius 3 is 2.68 bits per heavy atom. The fraction of sp³-hybridized carbons (Fsp3) is 0.412. The van der Waals surface area contributed by atoms with Crippen LogP contribution in [0, 0.1) is 0 Å². The first kappa shape index (κ1) is 19.9. The number of nitrogens with zero attached hydrogens (tertiary/aromatic N) is 2. The molecule has 136 valence electrons. The van der Waals surface area contributed by atoms with Crippen molar-refractivity contribution in [1.29, 1.82) is 0 Å². The highest BCUT2D eigenvalue weighted by molar-refractivity contribution is 9.10. The molecule has 6 nitrogen and oxygen atoms in total. The molecule has 2 heterocycles. The van der Waals surface area contributed by atoms with Crippen LogP contribution in [0.4, 0.5) is 5.95 Å². The Hall–Kier alpha value is -1.41. The number of methoxy groups -OCH3 is 1. The summed E-state index contributed by atoms with van der Waals surface area (Å²) < 4.78 is 8.53. The van der Waals surface area contributed by atoms with E-state index in [9.17, 15) is 4.79 Å². The van der Waals surface area contributed by atoms with E-state index < -0.39 is 5.60 Å². The van der Waals surface area contributed by atoms with Gasteiger partial charge in [0.05, 0.1) is 6.54 Å². The van der Waals surface area contributed by atoms with Crippen LogP contribution in [0.3, 0.4) is 0 Å². The zero-order chi connectivity index (χ0) is 17.0. The summed E-state index contributed by atoms with van der Waals surface area (Å²) in [5, 5.41) is 6.19. The summed E-state index contributed by atoms with van der Waals surface area (Å²) in [6, 6.07) is 8.08. The first-order valence-electron chi connectivity index (χ1n) is 7.96. The van der Waals surface area contributed by atoms with Gasteiger partial charge in [-0.05, 0) is 43.6 Å². The number of benzene rings is 1. The van der Waals surface area contributed by atoms with Crippen LogP contribution in [0.1, 0.15) is 18.4 Å². The van der Waals surface area contributed by atoms with Gasteiger partial charge in [-0.3, -0.25) is 10.1 Å². The van der Waals surface area contributed by atoms with E-state index >= 15 is 0 Å². The van der Waals surface area contributed by atoms with Crippen molar-refractivity contribution in [3.8, 4) is 0 Å². The van der Waals surface area contributed by atoms with Crippen LogP contribution in [-0.2, 0) is 16.1 Å². The van der Waals surface area contributed by atoms with E-state index in [1.807, 2.05) is 35.0 Å².